The Morgan fingerprint density at radius 2 is 2.20 bits per heavy atom. The third-order valence-corrected chi connectivity index (χ3v) is 4.24. The molecule has 1 fully saturated rings. The normalized spacial score (nSPS) is 18.9. The van der Waals surface area contributed by atoms with Crippen molar-refractivity contribution in [3.05, 3.63) is 54.2 Å². The van der Waals surface area contributed by atoms with Crippen molar-refractivity contribution in [1.82, 2.24) is 25.5 Å². The van der Waals surface area contributed by atoms with Crippen molar-refractivity contribution in [2.75, 3.05) is 6.54 Å². The molecule has 8 heteroatoms. The van der Waals surface area contributed by atoms with Gasteiger partial charge in [-0.2, -0.15) is 5.10 Å². The van der Waals surface area contributed by atoms with Crippen LogP contribution in [-0.2, 0) is 11.2 Å². The smallest absolute Gasteiger partial charge is 0.226 e. The number of oxazole rings is 1. The Morgan fingerprint density at radius 3 is 2.96 bits per heavy atom. The van der Waals surface area contributed by atoms with Gasteiger partial charge in [0.25, 0.3) is 0 Å². The van der Waals surface area contributed by atoms with Gasteiger partial charge in [0.1, 0.15) is 24.2 Å². The molecule has 7 nitrogen and oxygen atoms in total. The number of aromatic nitrogens is 4. The van der Waals surface area contributed by atoms with E-state index in [2.05, 4.69) is 25.5 Å². The zero-order valence-electron chi connectivity index (χ0n) is 13.3. The van der Waals surface area contributed by atoms with E-state index in [4.69, 9.17) is 4.42 Å². The second kappa shape index (κ2) is 6.46. The standard InChI is InChI=1S/C17H16FN5O2/c18-11-3-1-10(2-4-11)17-22-12(8-25-17)5-6-19-16(24)14-7-13(14)15-20-9-21-23-15/h1-4,8-9,13-14H,5-7H2,(H,19,24)(H,20,21,23)/t13-,14-/m1/s1. The first kappa shape index (κ1) is 15.5. The SMILES string of the molecule is O=C(NCCc1coc(-c2ccc(F)cc2)n1)[C@@H]1C[C@H]1c1ncn[nH]1. The van der Waals surface area contributed by atoms with E-state index in [1.54, 1.807) is 18.4 Å². The Balaban J connectivity index is 1.27. The van der Waals surface area contributed by atoms with Gasteiger partial charge in [0.15, 0.2) is 0 Å². The summed E-state index contributed by atoms with van der Waals surface area (Å²) in [6.45, 7) is 0.480. The minimum Gasteiger partial charge on any atom is -0.444 e. The molecule has 2 atom stereocenters. The van der Waals surface area contributed by atoms with Crippen LogP contribution >= 0.6 is 0 Å². The highest BCUT2D eigenvalue weighted by molar-refractivity contribution is 5.82. The molecule has 2 N–H and O–H groups in total. The number of halogens is 1. The number of carbonyl (C=O) groups excluding carboxylic acids is 1. The average Bonchev–Trinajstić information content (AvgIpc) is 3.02. The fourth-order valence-electron chi connectivity index (χ4n) is 2.77. The Morgan fingerprint density at radius 1 is 1.36 bits per heavy atom. The van der Waals surface area contributed by atoms with Crippen molar-refractivity contribution in [2.45, 2.75) is 18.8 Å². The lowest BCUT2D eigenvalue weighted by atomic mass is 10.2. The van der Waals surface area contributed by atoms with Crippen molar-refractivity contribution < 1.29 is 13.6 Å². The molecule has 2 heterocycles. The van der Waals surface area contributed by atoms with Crippen molar-refractivity contribution >= 4 is 5.91 Å². The number of H-pyrrole nitrogens is 1. The van der Waals surface area contributed by atoms with Crippen LogP contribution in [0.3, 0.4) is 0 Å². The summed E-state index contributed by atoms with van der Waals surface area (Å²) in [5, 5.41) is 9.51. The van der Waals surface area contributed by atoms with Crippen molar-refractivity contribution in [3.8, 4) is 11.5 Å². The fraction of sp³-hybridized carbons (Fsp3) is 0.294. The van der Waals surface area contributed by atoms with Gasteiger partial charge in [0.2, 0.25) is 11.8 Å². The van der Waals surface area contributed by atoms with Crippen LogP contribution in [0.2, 0.25) is 0 Å². The molecule has 1 aliphatic carbocycles. The predicted molar refractivity (Wildman–Crippen MR) is 85.8 cm³/mol. The molecule has 1 amide bonds. The van der Waals surface area contributed by atoms with Gasteiger partial charge in [-0.25, -0.2) is 14.4 Å². The highest BCUT2D eigenvalue weighted by Gasteiger charge is 2.45. The third kappa shape index (κ3) is 3.42. The van der Waals surface area contributed by atoms with Gasteiger partial charge in [0.05, 0.1) is 5.69 Å². The molecular weight excluding hydrogens is 325 g/mol. The number of nitrogens with one attached hydrogen (secondary N) is 2. The van der Waals surface area contributed by atoms with Gasteiger partial charge in [0, 0.05) is 30.4 Å². The first-order chi connectivity index (χ1) is 12.2. The number of nitrogens with zero attached hydrogens (tertiary/aromatic N) is 3. The van der Waals surface area contributed by atoms with Crippen LogP contribution in [0.4, 0.5) is 4.39 Å². The Bertz CT molecular complexity index is 860. The predicted octanol–water partition coefficient (Wildman–Crippen LogP) is 2.06. The first-order valence-electron chi connectivity index (χ1n) is 8.04. The fourth-order valence-corrected chi connectivity index (χ4v) is 2.77. The van der Waals surface area contributed by atoms with Gasteiger partial charge in [-0.1, -0.05) is 0 Å². The van der Waals surface area contributed by atoms with E-state index in [1.807, 2.05) is 0 Å². The molecule has 0 unspecified atom stereocenters. The lowest BCUT2D eigenvalue weighted by Crippen LogP contribution is -2.27. The maximum absolute atomic E-state index is 12.9. The number of hydrogen-bond donors (Lipinski definition) is 2. The largest absolute Gasteiger partial charge is 0.444 e. The van der Waals surface area contributed by atoms with E-state index in [0.717, 1.165) is 17.9 Å². The quantitative estimate of drug-likeness (QED) is 0.715. The number of rotatable bonds is 6. The zero-order valence-corrected chi connectivity index (χ0v) is 13.3. The van der Waals surface area contributed by atoms with Crippen LogP contribution in [0.25, 0.3) is 11.5 Å². The van der Waals surface area contributed by atoms with Crippen molar-refractivity contribution in [3.63, 3.8) is 0 Å². The third-order valence-electron chi connectivity index (χ3n) is 4.24. The van der Waals surface area contributed by atoms with Crippen LogP contribution < -0.4 is 5.32 Å². The molecule has 3 aromatic rings. The first-order valence-corrected chi connectivity index (χ1v) is 8.04. The van der Waals surface area contributed by atoms with E-state index in [9.17, 15) is 9.18 Å². The molecule has 0 saturated heterocycles. The van der Waals surface area contributed by atoms with E-state index in [1.165, 1.54) is 18.5 Å². The number of benzene rings is 1. The molecule has 1 aromatic carbocycles. The minimum absolute atomic E-state index is 0.0173. The molecule has 0 aliphatic heterocycles. The summed E-state index contributed by atoms with van der Waals surface area (Å²) in [7, 11) is 0. The van der Waals surface area contributed by atoms with Gasteiger partial charge in [-0.05, 0) is 30.7 Å². The Hall–Kier alpha value is -3.03. The van der Waals surface area contributed by atoms with Gasteiger partial charge < -0.3 is 9.73 Å². The Kier molecular flexibility index (Phi) is 4.01. The van der Waals surface area contributed by atoms with Crippen molar-refractivity contribution in [1.29, 1.82) is 0 Å². The summed E-state index contributed by atoms with van der Waals surface area (Å²) in [5.74, 6) is 1.01. The topological polar surface area (TPSA) is 96.7 Å². The van der Waals surface area contributed by atoms with E-state index >= 15 is 0 Å². The Labute approximate surface area is 142 Å². The number of hydrogen-bond acceptors (Lipinski definition) is 5. The number of amides is 1. The van der Waals surface area contributed by atoms with Gasteiger partial charge >= 0.3 is 0 Å². The van der Waals surface area contributed by atoms with Gasteiger partial charge in [-0.3, -0.25) is 9.89 Å². The van der Waals surface area contributed by atoms with E-state index in [0.29, 0.717) is 24.4 Å². The second-order valence-electron chi connectivity index (χ2n) is 6.01. The van der Waals surface area contributed by atoms with Crippen LogP contribution in [0, 0.1) is 11.7 Å². The van der Waals surface area contributed by atoms with Crippen LogP contribution in [0.1, 0.15) is 23.9 Å². The number of aromatic amines is 1. The summed E-state index contributed by atoms with van der Waals surface area (Å²) in [4.78, 5) is 20.5. The molecule has 0 bridgehead atoms. The summed E-state index contributed by atoms with van der Waals surface area (Å²) in [6, 6.07) is 5.95. The highest BCUT2D eigenvalue weighted by Crippen LogP contribution is 2.45. The summed E-state index contributed by atoms with van der Waals surface area (Å²) >= 11 is 0. The molecular formula is C17H16FN5O2. The zero-order chi connectivity index (χ0) is 17.2. The lowest BCUT2D eigenvalue weighted by Gasteiger charge is -2.02. The summed E-state index contributed by atoms with van der Waals surface area (Å²) < 4.78 is 18.3. The van der Waals surface area contributed by atoms with Crippen LogP contribution in [-0.4, -0.2) is 32.6 Å². The average molecular weight is 341 g/mol. The molecule has 128 valence electrons. The molecule has 2 aromatic heterocycles. The molecule has 25 heavy (non-hydrogen) atoms. The monoisotopic (exact) mass is 341 g/mol. The second-order valence-corrected chi connectivity index (χ2v) is 6.01. The van der Waals surface area contributed by atoms with Crippen LogP contribution in [0.5, 0.6) is 0 Å². The minimum atomic E-state index is -0.304. The van der Waals surface area contributed by atoms with Gasteiger partial charge in [-0.15, -0.1) is 0 Å². The van der Waals surface area contributed by atoms with E-state index < -0.39 is 0 Å². The maximum Gasteiger partial charge on any atom is 0.226 e. The molecule has 1 saturated carbocycles. The molecule has 1 aliphatic rings. The van der Waals surface area contributed by atoms with Crippen molar-refractivity contribution in [2.24, 2.45) is 5.92 Å². The summed E-state index contributed by atoms with van der Waals surface area (Å²) in [6.07, 6.45) is 4.36. The molecule has 4 rings (SSSR count). The number of carbonyl (C=O) groups is 1. The molecule has 0 spiro atoms. The highest BCUT2D eigenvalue weighted by atomic mass is 19.1. The van der Waals surface area contributed by atoms with Crippen LogP contribution in [0.15, 0.2) is 41.3 Å². The summed E-state index contributed by atoms with van der Waals surface area (Å²) in [5.41, 5.74) is 1.45. The van der Waals surface area contributed by atoms with E-state index in [-0.39, 0.29) is 23.6 Å². The lowest BCUT2D eigenvalue weighted by molar-refractivity contribution is -0.122. The maximum atomic E-state index is 12.9. The molecule has 0 radical (unpaired) electrons.